The number of nitrogens with zero attached hydrogens (tertiary/aromatic N) is 5. The fraction of sp³-hybridized carbons (Fsp3) is 0. The number of hydrogen-bond donors (Lipinski definition) is 1. The molecule has 110 valence electrons. The highest BCUT2D eigenvalue weighted by Crippen LogP contribution is 2.25. The quantitative estimate of drug-likeness (QED) is 0.447. The standard InChI is InChI=1S/C12H7FN6O2S/c13-9-4-2-1-3-8(9)10-16-12(18-17-10)22-11-14-5-7(6-15-11)19(20)21/h1-6H,(H,16,17,18). The van der Waals surface area contributed by atoms with E-state index in [2.05, 4.69) is 25.1 Å². The van der Waals surface area contributed by atoms with E-state index in [0.29, 0.717) is 5.56 Å². The highest BCUT2D eigenvalue weighted by molar-refractivity contribution is 7.99. The lowest BCUT2D eigenvalue weighted by atomic mass is 10.2. The third kappa shape index (κ3) is 2.91. The zero-order valence-electron chi connectivity index (χ0n) is 10.8. The first-order valence-electron chi connectivity index (χ1n) is 5.95. The van der Waals surface area contributed by atoms with Crippen molar-refractivity contribution in [2.75, 3.05) is 0 Å². The Morgan fingerprint density at radius 3 is 2.59 bits per heavy atom. The summed E-state index contributed by atoms with van der Waals surface area (Å²) >= 11 is 1.01. The van der Waals surface area contributed by atoms with Gasteiger partial charge in [0.2, 0.25) is 5.16 Å². The minimum atomic E-state index is -0.586. The molecule has 8 nitrogen and oxygen atoms in total. The first-order chi connectivity index (χ1) is 10.6. The van der Waals surface area contributed by atoms with E-state index < -0.39 is 10.7 Å². The van der Waals surface area contributed by atoms with Crippen LogP contribution in [0.2, 0.25) is 0 Å². The third-order valence-corrected chi connectivity index (χ3v) is 3.36. The number of aromatic amines is 1. The van der Waals surface area contributed by atoms with Gasteiger partial charge in [0.1, 0.15) is 18.2 Å². The van der Waals surface area contributed by atoms with Gasteiger partial charge < -0.3 is 0 Å². The average molecular weight is 318 g/mol. The van der Waals surface area contributed by atoms with Crippen molar-refractivity contribution in [2.45, 2.75) is 10.3 Å². The molecule has 0 bridgehead atoms. The lowest BCUT2D eigenvalue weighted by Crippen LogP contribution is -1.92. The number of nitrogens with one attached hydrogen (secondary N) is 1. The fourth-order valence-corrected chi connectivity index (χ4v) is 2.21. The third-order valence-electron chi connectivity index (χ3n) is 2.60. The van der Waals surface area contributed by atoms with E-state index in [-0.39, 0.29) is 21.8 Å². The van der Waals surface area contributed by atoms with Gasteiger partial charge >= 0.3 is 5.69 Å². The normalized spacial score (nSPS) is 10.6. The Bertz CT molecular complexity index is 822. The molecule has 0 fully saturated rings. The summed E-state index contributed by atoms with van der Waals surface area (Å²) in [4.78, 5) is 21.7. The van der Waals surface area contributed by atoms with Crippen LogP contribution in [0.3, 0.4) is 0 Å². The van der Waals surface area contributed by atoms with Gasteiger partial charge in [0.05, 0.1) is 10.5 Å². The predicted octanol–water partition coefficient (Wildman–Crippen LogP) is 2.46. The van der Waals surface area contributed by atoms with Gasteiger partial charge in [0.25, 0.3) is 0 Å². The van der Waals surface area contributed by atoms with Crippen molar-refractivity contribution in [3.63, 3.8) is 0 Å². The number of nitro groups is 1. The smallest absolute Gasteiger partial charge is 0.258 e. The van der Waals surface area contributed by atoms with Gasteiger partial charge in [0, 0.05) is 0 Å². The zero-order chi connectivity index (χ0) is 15.5. The van der Waals surface area contributed by atoms with Crippen LogP contribution in [0.4, 0.5) is 10.1 Å². The molecule has 0 amide bonds. The van der Waals surface area contributed by atoms with E-state index in [1.165, 1.54) is 6.07 Å². The molecular weight excluding hydrogens is 311 g/mol. The lowest BCUT2D eigenvalue weighted by Gasteiger charge is -1.96. The number of rotatable bonds is 4. The Kier molecular flexibility index (Phi) is 3.74. The summed E-state index contributed by atoms with van der Waals surface area (Å²) in [6, 6.07) is 6.17. The van der Waals surface area contributed by atoms with Crippen LogP contribution in [0.15, 0.2) is 47.0 Å². The summed E-state index contributed by atoms with van der Waals surface area (Å²) in [6.45, 7) is 0. The molecule has 0 aliphatic carbocycles. The first-order valence-corrected chi connectivity index (χ1v) is 6.77. The van der Waals surface area contributed by atoms with Crippen molar-refractivity contribution in [1.29, 1.82) is 0 Å². The van der Waals surface area contributed by atoms with Crippen molar-refractivity contribution >= 4 is 17.4 Å². The predicted molar refractivity (Wildman–Crippen MR) is 74.6 cm³/mol. The monoisotopic (exact) mass is 318 g/mol. The van der Waals surface area contributed by atoms with Crippen molar-refractivity contribution in [3.05, 3.63) is 52.6 Å². The van der Waals surface area contributed by atoms with Crippen molar-refractivity contribution in [2.24, 2.45) is 0 Å². The Balaban J connectivity index is 1.80. The maximum Gasteiger partial charge on any atom is 0.305 e. The Hall–Kier alpha value is -2.88. The molecule has 0 spiro atoms. The van der Waals surface area contributed by atoms with Crippen molar-refractivity contribution in [3.8, 4) is 11.4 Å². The molecule has 3 rings (SSSR count). The summed E-state index contributed by atoms with van der Waals surface area (Å²) in [5.74, 6) is -0.135. The number of benzene rings is 1. The Morgan fingerprint density at radius 1 is 1.18 bits per heavy atom. The summed E-state index contributed by atoms with van der Waals surface area (Å²) < 4.78 is 13.6. The SMILES string of the molecule is O=[N+]([O-])c1cnc(Sc2n[nH]c(-c3ccccc3F)n2)nc1. The molecule has 2 heterocycles. The molecule has 0 aliphatic rings. The minimum Gasteiger partial charge on any atom is -0.258 e. The second kappa shape index (κ2) is 5.85. The molecular formula is C12H7FN6O2S. The lowest BCUT2D eigenvalue weighted by molar-refractivity contribution is -0.385. The van der Waals surface area contributed by atoms with Crippen LogP contribution in [0.1, 0.15) is 0 Å². The van der Waals surface area contributed by atoms with Crippen LogP contribution in [-0.2, 0) is 0 Å². The second-order valence-electron chi connectivity index (χ2n) is 4.03. The average Bonchev–Trinajstić information content (AvgIpc) is 2.96. The molecule has 1 aromatic carbocycles. The number of H-pyrrole nitrogens is 1. The van der Waals surface area contributed by atoms with E-state index in [1.807, 2.05) is 0 Å². The molecule has 0 saturated carbocycles. The molecule has 0 saturated heterocycles. The number of hydrogen-bond acceptors (Lipinski definition) is 7. The highest BCUT2D eigenvalue weighted by Gasteiger charge is 2.13. The summed E-state index contributed by atoms with van der Waals surface area (Å²) in [7, 11) is 0. The molecule has 0 radical (unpaired) electrons. The van der Waals surface area contributed by atoms with Gasteiger partial charge in [-0.2, -0.15) is 0 Å². The van der Waals surface area contributed by atoms with Crippen LogP contribution in [-0.4, -0.2) is 30.1 Å². The Morgan fingerprint density at radius 2 is 1.91 bits per heavy atom. The largest absolute Gasteiger partial charge is 0.305 e. The van der Waals surface area contributed by atoms with E-state index in [4.69, 9.17) is 0 Å². The van der Waals surface area contributed by atoms with Gasteiger partial charge in [-0.3, -0.25) is 15.2 Å². The summed E-state index contributed by atoms with van der Waals surface area (Å²) in [6.07, 6.45) is 2.19. The maximum absolute atomic E-state index is 13.6. The van der Waals surface area contributed by atoms with E-state index >= 15 is 0 Å². The van der Waals surface area contributed by atoms with Crippen molar-refractivity contribution in [1.82, 2.24) is 25.1 Å². The van der Waals surface area contributed by atoms with Gasteiger partial charge in [-0.1, -0.05) is 12.1 Å². The van der Waals surface area contributed by atoms with Crippen molar-refractivity contribution < 1.29 is 9.31 Å². The fourth-order valence-electron chi connectivity index (χ4n) is 1.60. The molecule has 0 atom stereocenters. The number of aromatic nitrogens is 5. The van der Waals surface area contributed by atoms with Crippen LogP contribution < -0.4 is 0 Å². The van der Waals surface area contributed by atoms with Crippen LogP contribution in [0.5, 0.6) is 0 Å². The zero-order valence-corrected chi connectivity index (χ0v) is 11.6. The minimum absolute atomic E-state index is 0.202. The molecule has 0 unspecified atom stereocenters. The molecule has 10 heteroatoms. The van der Waals surface area contributed by atoms with Crippen LogP contribution in [0.25, 0.3) is 11.4 Å². The highest BCUT2D eigenvalue weighted by atomic mass is 32.2. The number of halogens is 1. The topological polar surface area (TPSA) is 110 Å². The van der Waals surface area contributed by atoms with Crippen LogP contribution >= 0.6 is 11.8 Å². The molecule has 0 aliphatic heterocycles. The van der Waals surface area contributed by atoms with E-state index in [1.54, 1.807) is 18.2 Å². The summed E-state index contributed by atoms with van der Waals surface area (Å²) in [5.41, 5.74) is 0.0952. The Labute approximate surface area is 127 Å². The van der Waals surface area contributed by atoms with Gasteiger partial charge in [-0.05, 0) is 23.9 Å². The second-order valence-corrected chi connectivity index (χ2v) is 4.96. The summed E-state index contributed by atoms with van der Waals surface area (Å²) in [5, 5.41) is 17.6. The van der Waals surface area contributed by atoms with Gasteiger partial charge in [-0.25, -0.2) is 19.3 Å². The van der Waals surface area contributed by atoms with Gasteiger partial charge in [0.15, 0.2) is 11.0 Å². The van der Waals surface area contributed by atoms with Gasteiger partial charge in [-0.15, -0.1) is 5.10 Å². The molecule has 2 aromatic heterocycles. The van der Waals surface area contributed by atoms with E-state index in [9.17, 15) is 14.5 Å². The maximum atomic E-state index is 13.6. The molecule has 1 N–H and O–H groups in total. The first kappa shape index (κ1) is 14.1. The molecule has 22 heavy (non-hydrogen) atoms. The van der Waals surface area contributed by atoms with Crippen LogP contribution in [0, 0.1) is 15.9 Å². The molecule has 3 aromatic rings. The van der Waals surface area contributed by atoms with E-state index in [0.717, 1.165) is 24.2 Å².